The third-order valence-electron chi connectivity index (χ3n) is 1.56. The minimum absolute atomic E-state index is 0.343. The number of ether oxygens (including phenoxy) is 1. The number of aliphatic carboxylic acids is 1. The molecule has 0 amide bonds. The zero-order valence-electron chi connectivity index (χ0n) is 7.28. The van der Waals surface area contributed by atoms with Crippen LogP contribution in [-0.4, -0.2) is 17.7 Å². The van der Waals surface area contributed by atoms with E-state index in [9.17, 15) is 4.79 Å². The first-order valence-electron chi connectivity index (χ1n) is 3.80. The van der Waals surface area contributed by atoms with E-state index >= 15 is 0 Å². The molecule has 4 heteroatoms. The van der Waals surface area contributed by atoms with Crippen LogP contribution in [0.4, 0.5) is 5.69 Å². The van der Waals surface area contributed by atoms with Crippen LogP contribution in [0, 0.1) is 6.92 Å². The highest BCUT2D eigenvalue weighted by atomic mass is 16.5. The van der Waals surface area contributed by atoms with Crippen molar-refractivity contribution in [1.82, 2.24) is 0 Å². The van der Waals surface area contributed by atoms with Crippen LogP contribution in [0.1, 0.15) is 5.56 Å². The second-order valence-corrected chi connectivity index (χ2v) is 2.71. The quantitative estimate of drug-likeness (QED) is 0.683. The summed E-state index contributed by atoms with van der Waals surface area (Å²) in [7, 11) is 0. The van der Waals surface area contributed by atoms with Crippen molar-refractivity contribution in [2.24, 2.45) is 0 Å². The third-order valence-corrected chi connectivity index (χ3v) is 1.56. The highest BCUT2D eigenvalue weighted by molar-refractivity contribution is 5.68. The van der Waals surface area contributed by atoms with Crippen molar-refractivity contribution in [3.63, 3.8) is 0 Å². The fourth-order valence-corrected chi connectivity index (χ4v) is 0.912. The van der Waals surface area contributed by atoms with Gasteiger partial charge in [0.15, 0.2) is 6.61 Å². The molecule has 0 bridgehead atoms. The minimum Gasteiger partial charge on any atom is -0.482 e. The lowest BCUT2D eigenvalue weighted by molar-refractivity contribution is -0.139. The van der Waals surface area contributed by atoms with Crippen LogP contribution < -0.4 is 10.5 Å². The van der Waals surface area contributed by atoms with Gasteiger partial charge in [-0.2, -0.15) is 0 Å². The van der Waals surface area contributed by atoms with Gasteiger partial charge in [0.25, 0.3) is 0 Å². The average Bonchev–Trinajstić information content (AvgIpc) is 2.06. The maximum Gasteiger partial charge on any atom is 0.341 e. The first-order chi connectivity index (χ1) is 6.09. The Bertz CT molecular complexity index is 323. The molecule has 0 spiro atoms. The number of rotatable bonds is 3. The van der Waals surface area contributed by atoms with Crippen molar-refractivity contribution in [3.05, 3.63) is 23.8 Å². The monoisotopic (exact) mass is 181 g/mol. The van der Waals surface area contributed by atoms with Gasteiger partial charge in [0.05, 0.1) is 0 Å². The standard InChI is InChI=1S/C9H11NO3/c1-6-2-3-7(10)4-8(6)13-5-9(11)12/h2-4H,5,10H2,1H3,(H,11,12). The Labute approximate surface area is 75.9 Å². The van der Waals surface area contributed by atoms with Crippen molar-refractivity contribution in [1.29, 1.82) is 0 Å². The number of nitrogen functional groups attached to an aromatic ring is 1. The summed E-state index contributed by atoms with van der Waals surface area (Å²) in [6.07, 6.45) is 0. The molecule has 0 atom stereocenters. The highest BCUT2D eigenvalue weighted by Crippen LogP contribution is 2.20. The minimum atomic E-state index is -0.998. The van der Waals surface area contributed by atoms with Crippen molar-refractivity contribution >= 4 is 11.7 Å². The average molecular weight is 181 g/mol. The van der Waals surface area contributed by atoms with Crippen LogP contribution in [-0.2, 0) is 4.79 Å². The van der Waals surface area contributed by atoms with E-state index in [-0.39, 0.29) is 6.61 Å². The van der Waals surface area contributed by atoms with E-state index in [2.05, 4.69) is 0 Å². The first kappa shape index (κ1) is 9.38. The lowest BCUT2D eigenvalue weighted by Crippen LogP contribution is -2.10. The summed E-state index contributed by atoms with van der Waals surface area (Å²) < 4.78 is 5.00. The number of nitrogens with two attached hydrogens (primary N) is 1. The van der Waals surface area contributed by atoms with E-state index < -0.39 is 5.97 Å². The SMILES string of the molecule is Cc1ccc(N)cc1OCC(=O)O. The Hall–Kier alpha value is -1.71. The summed E-state index contributed by atoms with van der Waals surface area (Å²) in [4.78, 5) is 10.2. The van der Waals surface area contributed by atoms with Crippen molar-refractivity contribution in [2.45, 2.75) is 6.92 Å². The van der Waals surface area contributed by atoms with Gasteiger partial charge in [-0.1, -0.05) is 6.07 Å². The number of hydrogen-bond acceptors (Lipinski definition) is 3. The molecular weight excluding hydrogens is 170 g/mol. The molecule has 3 N–H and O–H groups in total. The number of anilines is 1. The Morgan fingerprint density at radius 1 is 1.62 bits per heavy atom. The maximum atomic E-state index is 10.2. The summed E-state index contributed by atoms with van der Waals surface area (Å²) in [6.45, 7) is 1.49. The van der Waals surface area contributed by atoms with E-state index in [0.29, 0.717) is 11.4 Å². The molecule has 13 heavy (non-hydrogen) atoms. The Balaban J connectivity index is 2.75. The smallest absolute Gasteiger partial charge is 0.341 e. The van der Waals surface area contributed by atoms with Crippen molar-refractivity contribution in [3.8, 4) is 5.75 Å². The molecule has 70 valence electrons. The number of carboxylic acids is 1. The molecule has 0 heterocycles. The molecule has 1 aromatic carbocycles. The van der Waals surface area contributed by atoms with Gasteiger partial charge in [-0.15, -0.1) is 0 Å². The molecule has 0 saturated carbocycles. The Kier molecular flexibility index (Phi) is 2.74. The summed E-state index contributed by atoms with van der Waals surface area (Å²) in [5, 5.41) is 8.38. The van der Waals surface area contributed by atoms with Gasteiger partial charge in [-0.05, 0) is 18.6 Å². The van der Waals surface area contributed by atoms with Crippen LogP contribution >= 0.6 is 0 Å². The van der Waals surface area contributed by atoms with E-state index in [4.69, 9.17) is 15.6 Å². The van der Waals surface area contributed by atoms with Crippen LogP contribution in [0.15, 0.2) is 18.2 Å². The zero-order chi connectivity index (χ0) is 9.84. The maximum absolute atomic E-state index is 10.2. The van der Waals surface area contributed by atoms with Gasteiger partial charge in [-0.25, -0.2) is 4.79 Å². The molecule has 0 saturated heterocycles. The summed E-state index contributed by atoms with van der Waals surface area (Å²) in [5.41, 5.74) is 6.94. The van der Waals surface area contributed by atoms with Gasteiger partial charge in [0.2, 0.25) is 0 Å². The van der Waals surface area contributed by atoms with Gasteiger partial charge < -0.3 is 15.6 Å². The van der Waals surface area contributed by atoms with Crippen LogP contribution in [0.2, 0.25) is 0 Å². The van der Waals surface area contributed by atoms with Crippen LogP contribution in [0.25, 0.3) is 0 Å². The second kappa shape index (κ2) is 3.80. The van der Waals surface area contributed by atoms with Gasteiger partial charge in [0, 0.05) is 11.8 Å². The predicted molar refractivity (Wildman–Crippen MR) is 48.7 cm³/mol. The molecule has 0 radical (unpaired) electrons. The summed E-state index contributed by atoms with van der Waals surface area (Å²) in [6, 6.07) is 5.13. The fourth-order valence-electron chi connectivity index (χ4n) is 0.912. The van der Waals surface area contributed by atoms with E-state index in [1.807, 2.05) is 6.92 Å². The molecular formula is C9H11NO3. The molecule has 0 unspecified atom stereocenters. The number of carboxylic acid groups (broad SMARTS) is 1. The largest absolute Gasteiger partial charge is 0.482 e. The molecule has 0 aliphatic rings. The van der Waals surface area contributed by atoms with Gasteiger partial charge in [-0.3, -0.25) is 0 Å². The number of benzene rings is 1. The molecule has 0 aromatic heterocycles. The molecule has 0 aliphatic carbocycles. The number of hydrogen-bond donors (Lipinski definition) is 2. The van der Waals surface area contributed by atoms with E-state index in [1.165, 1.54) is 0 Å². The Morgan fingerprint density at radius 2 is 2.31 bits per heavy atom. The zero-order valence-corrected chi connectivity index (χ0v) is 7.28. The number of aryl methyl sites for hydroxylation is 1. The number of carbonyl (C=O) groups is 1. The predicted octanol–water partition coefficient (Wildman–Crippen LogP) is 1.04. The van der Waals surface area contributed by atoms with Crippen LogP contribution in [0.5, 0.6) is 5.75 Å². The van der Waals surface area contributed by atoms with Gasteiger partial charge in [0.1, 0.15) is 5.75 Å². The molecule has 0 fully saturated rings. The lowest BCUT2D eigenvalue weighted by atomic mass is 10.2. The highest BCUT2D eigenvalue weighted by Gasteiger charge is 2.02. The Morgan fingerprint density at radius 3 is 2.92 bits per heavy atom. The van der Waals surface area contributed by atoms with Crippen molar-refractivity contribution < 1.29 is 14.6 Å². The summed E-state index contributed by atoms with van der Waals surface area (Å²) >= 11 is 0. The van der Waals surface area contributed by atoms with Crippen LogP contribution in [0.3, 0.4) is 0 Å². The topological polar surface area (TPSA) is 72.5 Å². The third kappa shape index (κ3) is 2.66. The first-order valence-corrected chi connectivity index (χ1v) is 3.80. The molecule has 0 aliphatic heterocycles. The van der Waals surface area contributed by atoms with Crippen molar-refractivity contribution in [2.75, 3.05) is 12.3 Å². The molecule has 1 rings (SSSR count). The second-order valence-electron chi connectivity index (χ2n) is 2.71. The van der Waals surface area contributed by atoms with E-state index in [1.54, 1.807) is 18.2 Å². The molecule has 4 nitrogen and oxygen atoms in total. The van der Waals surface area contributed by atoms with Gasteiger partial charge >= 0.3 is 5.97 Å². The lowest BCUT2D eigenvalue weighted by Gasteiger charge is -2.06. The van der Waals surface area contributed by atoms with E-state index in [0.717, 1.165) is 5.56 Å². The normalized spacial score (nSPS) is 9.62. The summed E-state index contributed by atoms with van der Waals surface area (Å²) in [5.74, 6) is -0.482. The molecule has 1 aromatic rings. The fraction of sp³-hybridized carbons (Fsp3) is 0.222.